The normalized spacial score (nSPS) is 22.1. The Morgan fingerprint density at radius 3 is 2.64 bits per heavy atom. The molecule has 1 aromatic carbocycles. The molecule has 0 aliphatic carbocycles. The summed E-state index contributed by atoms with van der Waals surface area (Å²) in [7, 11) is -4.26. The van der Waals surface area contributed by atoms with E-state index in [0.29, 0.717) is 15.8 Å². The second-order valence-electron chi connectivity index (χ2n) is 7.32. The number of anilines is 2. The lowest BCUT2D eigenvalue weighted by molar-refractivity contribution is -0.127. The summed E-state index contributed by atoms with van der Waals surface area (Å²) in [6.07, 6.45) is 0. The van der Waals surface area contributed by atoms with Gasteiger partial charge in [0.05, 0.1) is 24.3 Å². The third-order valence-corrected chi connectivity index (χ3v) is 6.59. The van der Waals surface area contributed by atoms with Crippen LogP contribution in [0.5, 0.6) is 5.75 Å². The van der Waals surface area contributed by atoms with E-state index in [2.05, 4.69) is 10.2 Å². The Hall–Kier alpha value is -2.86. The number of nitrogens with zero attached hydrogens (tertiary/aromatic N) is 3. The van der Waals surface area contributed by atoms with Crippen LogP contribution in [0.1, 0.15) is 0 Å². The first-order valence-electron chi connectivity index (χ1n) is 8.51. The molecule has 0 saturated carbocycles. The third-order valence-electron chi connectivity index (χ3n) is 5.21. The van der Waals surface area contributed by atoms with Crippen molar-refractivity contribution in [1.29, 1.82) is 0 Å². The van der Waals surface area contributed by atoms with Crippen LogP contribution in [-0.4, -0.2) is 62.5 Å². The molecule has 3 N–H and O–H groups in total. The predicted octanol–water partition coefficient (Wildman–Crippen LogP) is -0.0610. The number of H-pyrrole nitrogens is 1. The Morgan fingerprint density at radius 2 is 2.04 bits per heavy atom. The highest BCUT2D eigenvalue weighted by Crippen LogP contribution is 2.42. The van der Waals surface area contributed by atoms with Gasteiger partial charge in [0.1, 0.15) is 18.0 Å². The first kappa shape index (κ1) is 17.3. The number of halogens is 1. The molecule has 0 atom stereocenters. The van der Waals surface area contributed by atoms with Crippen LogP contribution in [0.3, 0.4) is 0 Å². The number of aromatic nitrogens is 2. The maximum absolute atomic E-state index is 15.2. The van der Waals surface area contributed by atoms with Crippen LogP contribution in [0.25, 0.3) is 11.3 Å². The minimum absolute atomic E-state index is 0.0308. The van der Waals surface area contributed by atoms with E-state index in [0.717, 1.165) is 26.3 Å². The topological polar surface area (TPSA) is 128 Å². The molecule has 2 aromatic rings. The Balaban J connectivity index is 1.48. The molecule has 3 fully saturated rings. The largest absolute Gasteiger partial charge is 0.506 e. The lowest BCUT2D eigenvalue weighted by atomic mass is 9.78. The summed E-state index contributed by atoms with van der Waals surface area (Å²) in [6, 6.07) is 4.16. The summed E-state index contributed by atoms with van der Waals surface area (Å²) < 4.78 is 46.7. The molecule has 4 heterocycles. The van der Waals surface area contributed by atoms with E-state index in [9.17, 15) is 18.3 Å². The molecule has 1 amide bonds. The number of ether oxygens (including phenoxy) is 1. The number of aromatic amines is 1. The summed E-state index contributed by atoms with van der Waals surface area (Å²) in [4.78, 5) is 13.5. The van der Waals surface area contributed by atoms with E-state index in [4.69, 9.17) is 4.74 Å². The van der Waals surface area contributed by atoms with E-state index in [1.165, 1.54) is 12.1 Å². The van der Waals surface area contributed by atoms with E-state index in [1.54, 1.807) is 10.8 Å². The number of phenols is 1. The van der Waals surface area contributed by atoms with Crippen LogP contribution >= 0.6 is 0 Å². The molecule has 3 aliphatic rings. The van der Waals surface area contributed by atoms with Crippen molar-refractivity contribution in [2.45, 2.75) is 0 Å². The van der Waals surface area contributed by atoms with Crippen LogP contribution in [0, 0.1) is 11.2 Å². The number of nitrogens with one attached hydrogen (secondary N) is 2. The van der Waals surface area contributed by atoms with Crippen molar-refractivity contribution in [3.8, 4) is 17.0 Å². The van der Waals surface area contributed by atoms with Crippen molar-refractivity contribution >= 4 is 27.6 Å². The highest BCUT2D eigenvalue weighted by atomic mass is 32.2. The SMILES string of the molecule is O=C1CN(c2c(O)ccc(-c3cc(N4CC5(COC5)C4)n[nH]3)c2F)S(=O)(=O)N1. The van der Waals surface area contributed by atoms with Crippen molar-refractivity contribution in [3.63, 3.8) is 0 Å². The van der Waals surface area contributed by atoms with Crippen molar-refractivity contribution < 1.29 is 27.4 Å². The molecule has 28 heavy (non-hydrogen) atoms. The van der Waals surface area contributed by atoms with Crippen LogP contribution in [0.2, 0.25) is 0 Å². The van der Waals surface area contributed by atoms with Gasteiger partial charge in [0, 0.05) is 24.7 Å². The lowest BCUT2D eigenvalue weighted by Gasteiger charge is -2.55. The second-order valence-corrected chi connectivity index (χ2v) is 8.92. The second kappa shape index (κ2) is 5.58. The zero-order chi connectivity index (χ0) is 19.7. The molecule has 3 aliphatic heterocycles. The van der Waals surface area contributed by atoms with E-state index in [-0.39, 0.29) is 11.0 Å². The number of rotatable bonds is 3. The number of hydrogen-bond acceptors (Lipinski definition) is 7. The molecular weight excluding hydrogens is 393 g/mol. The molecule has 0 radical (unpaired) electrons. The Morgan fingerprint density at radius 1 is 1.29 bits per heavy atom. The molecule has 1 aromatic heterocycles. The van der Waals surface area contributed by atoms with Gasteiger partial charge in [0.25, 0.3) is 5.91 Å². The number of carbonyl (C=O) groups is 1. The van der Waals surface area contributed by atoms with Gasteiger partial charge in [-0.2, -0.15) is 13.5 Å². The smallest absolute Gasteiger partial charge is 0.326 e. The molecule has 148 valence electrons. The number of carbonyl (C=O) groups excluding carboxylic acids is 1. The maximum atomic E-state index is 15.2. The van der Waals surface area contributed by atoms with Gasteiger partial charge < -0.3 is 14.7 Å². The number of hydrogen-bond donors (Lipinski definition) is 3. The Labute approximate surface area is 159 Å². The van der Waals surface area contributed by atoms with Crippen LogP contribution in [0.15, 0.2) is 18.2 Å². The maximum Gasteiger partial charge on any atom is 0.326 e. The minimum atomic E-state index is -4.26. The van der Waals surface area contributed by atoms with Gasteiger partial charge in [0.15, 0.2) is 11.6 Å². The van der Waals surface area contributed by atoms with E-state index < -0.39 is 39.9 Å². The van der Waals surface area contributed by atoms with E-state index >= 15 is 4.39 Å². The molecule has 3 saturated heterocycles. The number of amides is 1. The van der Waals surface area contributed by atoms with Gasteiger partial charge in [-0.15, -0.1) is 0 Å². The van der Waals surface area contributed by atoms with Gasteiger partial charge in [-0.1, -0.05) is 0 Å². The van der Waals surface area contributed by atoms with Crippen LogP contribution < -0.4 is 13.9 Å². The van der Waals surface area contributed by atoms with Crippen molar-refractivity contribution in [2.24, 2.45) is 5.41 Å². The first-order chi connectivity index (χ1) is 13.3. The average Bonchev–Trinajstić information content (AvgIpc) is 3.09. The molecule has 0 unspecified atom stereocenters. The highest BCUT2D eigenvalue weighted by molar-refractivity contribution is 7.92. The Kier molecular flexibility index (Phi) is 3.44. The molecule has 0 bridgehead atoms. The summed E-state index contributed by atoms with van der Waals surface area (Å²) in [5.41, 5.74) is -0.0278. The molecule has 5 rings (SSSR count). The minimum Gasteiger partial charge on any atom is -0.506 e. The van der Waals surface area contributed by atoms with Crippen LogP contribution in [0.4, 0.5) is 15.9 Å². The van der Waals surface area contributed by atoms with Gasteiger partial charge >= 0.3 is 10.2 Å². The summed E-state index contributed by atoms with van der Waals surface area (Å²) in [6.45, 7) is 2.46. The number of aromatic hydroxyl groups is 1. The van der Waals surface area contributed by atoms with Gasteiger partial charge in [-0.3, -0.25) is 9.89 Å². The van der Waals surface area contributed by atoms with Gasteiger partial charge in [0.2, 0.25) is 0 Å². The fourth-order valence-electron chi connectivity index (χ4n) is 3.76. The number of phenolic OH excluding ortho intramolecular Hbond substituents is 1. The fourth-order valence-corrected chi connectivity index (χ4v) is 4.92. The van der Waals surface area contributed by atoms with Gasteiger partial charge in [-0.05, 0) is 12.1 Å². The highest BCUT2D eigenvalue weighted by Gasteiger charge is 2.49. The van der Waals surface area contributed by atoms with Crippen molar-refractivity contribution in [1.82, 2.24) is 14.9 Å². The monoisotopic (exact) mass is 409 g/mol. The fraction of sp³-hybridized carbons (Fsp3) is 0.375. The molecular formula is C16H16FN5O5S. The molecule has 12 heteroatoms. The quantitative estimate of drug-likeness (QED) is 0.648. The third kappa shape index (κ3) is 2.44. The number of benzene rings is 1. The zero-order valence-electron chi connectivity index (χ0n) is 14.5. The lowest BCUT2D eigenvalue weighted by Crippen LogP contribution is -2.66. The summed E-state index contributed by atoms with van der Waals surface area (Å²) in [5, 5.41) is 17.0. The van der Waals surface area contributed by atoms with E-state index in [1.807, 2.05) is 4.90 Å². The van der Waals surface area contributed by atoms with Crippen molar-refractivity contribution in [3.05, 3.63) is 24.0 Å². The summed E-state index contributed by atoms with van der Waals surface area (Å²) in [5.74, 6) is -1.72. The summed E-state index contributed by atoms with van der Waals surface area (Å²) >= 11 is 0. The van der Waals surface area contributed by atoms with Crippen LogP contribution in [-0.2, 0) is 19.7 Å². The average molecular weight is 409 g/mol. The predicted molar refractivity (Wildman–Crippen MR) is 95.5 cm³/mol. The standard InChI is InChI=1S/C16H16FN5O5S/c17-14-9(1-2-11(23)15(14)22-4-13(24)20-28(22,25)26)10-3-12(19-18-10)21-5-16(6-21)7-27-8-16/h1-3,23H,4-8H2,(H,18,19)(H,20,24). The molecule has 10 nitrogen and oxygen atoms in total. The Bertz CT molecular complexity index is 1090. The van der Waals surface area contributed by atoms with Crippen molar-refractivity contribution in [2.75, 3.05) is 42.1 Å². The molecule has 1 spiro atoms. The van der Waals surface area contributed by atoms with Gasteiger partial charge in [-0.25, -0.2) is 13.4 Å². The zero-order valence-corrected chi connectivity index (χ0v) is 15.3. The first-order valence-corrected chi connectivity index (χ1v) is 9.95.